The number of hydrogen-bond donors (Lipinski definition) is 1. The zero-order valence-electron chi connectivity index (χ0n) is 11.6. The van der Waals surface area contributed by atoms with Crippen molar-refractivity contribution < 1.29 is 9.90 Å². The van der Waals surface area contributed by atoms with Gasteiger partial charge in [-0.05, 0) is 24.3 Å². The molecule has 1 N–H and O–H groups in total. The molecule has 0 bridgehead atoms. The lowest BCUT2D eigenvalue weighted by atomic mass is 10.2. The summed E-state index contributed by atoms with van der Waals surface area (Å²) in [6.07, 6.45) is 3.11. The first kappa shape index (κ1) is 14.3. The Labute approximate surface area is 121 Å². The van der Waals surface area contributed by atoms with Gasteiger partial charge in [0, 0.05) is 14.1 Å². The van der Waals surface area contributed by atoms with Crippen molar-refractivity contribution in [2.45, 2.75) is 0 Å². The SMILES string of the molecule is CN(C)/C=N/c1nn(-c2ccc(C(=O)O)cc2)cc1C#N. The fraction of sp³-hybridized carbons (Fsp3) is 0.143. The number of benzene rings is 1. The van der Waals surface area contributed by atoms with Crippen LogP contribution in [0.5, 0.6) is 0 Å². The summed E-state index contributed by atoms with van der Waals surface area (Å²) in [4.78, 5) is 16.7. The van der Waals surface area contributed by atoms with Gasteiger partial charge >= 0.3 is 5.97 Å². The molecule has 0 aliphatic carbocycles. The smallest absolute Gasteiger partial charge is 0.335 e. The van der Waals surface area contributed by atoms with Crippen molar-refractivity contribution in [3.05, 3.63) is 41.6 Å². The van der Waals surface area contributed by atoms with Crippen LogP contribution < -0.4 is 0 Å². The van der Waals surface area contributed by atoms with Crippen molar-refractivity contribution in [1.82, 2.24) is 14.7 Å². The first-order chi connectivity index (χ1) is 10.0. The highest BCUT2D eigenvalue weighted by Crippen LogP contribution is 2.18. The van der Waals surface area contributed by atoms with Crippen LogP contribution in [0, 0.1) is 11.3 Å². The van der Waals surface area contributed by atoms with Crippen molar-refractivity contribution >= 4 is 18.1 Å². The first-order valence-corrected chi connectivity index (χ1v) is 6.05. The van der Waals surface area contributed by atoms with E-state index in [1.807, 2.05) is 20.2 Å². The third-order valence-electron chi connectivity index (χ3n) is 2.60. The fourth-order valence-electron chi connectivity index (χ4n) is 1.60. The number of carboxylic acid groups (broad SMARTS) is 1. The van der Waals surface area contributed by atoms with Crippen LogP contribution in [-0.2, 0) is 0 Å². The number of hydrogen-bond acceptors (Lipinski definition) is 4. The van der Waals surface area contributed by atoms with Crippen LogP contribution in [0.15, 0.2) is 35.5 Å². The molecule has 1 aromatic carbocycles. The summed E-state index contributed by atoms with van der Waals surface area (Å²) >= 11 is 0. The second kappa shape index (κ2) is 5.88. The maximum atomic E-state index is 10.8. The Kier molecular flexibility index (Phi) is 4.00. The lowest BCUT2D eigenvalue weighted by Gasteiger charge is -2.02. The van der Waals surface area contributed by atoms with Gasteiger partial charge in [-0.15, -0.1) is 5.10 Å². The molecule has 1 aromatic heterocycles. The third kappa shape index (κ3) is 3.25. The van der Waals surface area contributed by atoms with Crippen molar-refractivity contribution in [1.29, 1.82) is 5.26 Å². The zero-order valence-corrected chi connectivity index (χ0v) is 11.6. The molecule has 2 rings (SSSR count). The second-order valence-electron chi connectivity index (χ2n) is 4.48. The molecule has 0 radical (unpaired) electrons. The molecule has 0 fully saturated rings. The standard InChI is InChI=1S/C14H13N5O2/c1-18(2)9-16-13-11(7-15)8-19(17-13)12-5-3-10(4-6-12)14(20)21/h3-6,8-9H,1-2H3,(H,20,21)/b16-9+. The van der Waals surface area contributed by atoms with E-state index in [4.69, 9.17) is 10.4 Å². The summed E-state index contributed by atoms with van der Waals surface area (Å²) in [6, 6.07) is 8.23. The average molecular weight is 283 g/mol. The van der Waals surface area contributed by atoms with Gasteiger partial charge in [0.05, 0.1) is 23.8 Å². The minimum Gasteiger partial charge on any atom is -0.478 e. The van der Waals surface area contributed by atoms with Crippen molar-refractivity contribution in [3.63, 3.8) is 0 Å². The van der Waals surface area contributed by atoms with Crippen LogP contribution in [0.25, 0.3) is 5.69 Å². The quantitative estimate of drug-likeness (QED) is 0.680. The summed E-state index contributed by atoms with van der Waals surface area (Å²) in [5.41, 5.74) is 1.19. The Morgan fingerprint density at radius 3 is 2.62 bits per heavy atom. The molecule has 0 amide bonds. The van der Waals surface area contributed by atoms with E-state index in [1.54, 1.807) is 29.6 Å². The van der Waals surface area contributed by atoms with E-state index in [2.05, 4.69) is 10.1 Å². The number of aromatic nitrogens is 2. The van der Waals surface area contributed by atoms with Gasteiger partial charge in [0.15, 0.2) is 5.82 Å². The average Bonchev–Trinajstić information content (AvgIpc) is 2.88. The van der Waals surface area contributed by atoms with E-state index < -0.39 is 5.97 Å². The minimum atomic E-state index is -0.990. The first-order valence-electron chi connectivity index (χ1n) is 6.05. The van der Waals surface area contributed by atoms with Crippen molar-refractivity contribution in [3.8, 4) is 11.8 Å². The lowest BCUT2D eigenvalue weighted by Crippen LogP contribution is -2.07. The summed E-state index contributed by atoms with van der Waals surface area (Å²) < 4.78 is 1.49. The molecule has 7 heteroatoms. The summed E-state index contributed by atoms with van der Waals surface area (Å²) in [6.45, 7) is 0. The Hall–Kier alpha value is -3.14. The maximum absolute atomic E-state index is 10.8. The van der Waals surface area contributed by atoms with Crippen LogP contribution in [0.2, 0.25) is 0 Å². The highest BCUT2D eigenvalue weighted by atomic mass is 16.4. The molecule has 0 aliphatic rings. The van der Waals surface area contributed by atoms with Gasteiger partial charge in [-0.25, -0.2) is 14.5 Å². The molecule has 0 saturated heterocycles. The molecular weight excluding hydrogens is 270 g/mol. The lowest BCUT2D eigenvalue weighted by molar-refractivity contribution is 0.0697. The normalized spacial score (nSPS) is 10.5. The van der Waals surface area contributed by atoms with Crippen LogP contribution in [0.3, 0.4) is 0 Å². The molecule has 7 nitrogen and oxygen atoms in total. The van der Waals surface area contributed by atoms with Crippen LogP contribution in [-0.4, -0.2) is 46.2 Å². The molecule has 0 aliphatic heterocycles. The highest BCUT2D eigenvalue weighted by molar-refractivity contribution is 5.87. The number of carbonyl (C=O) groups is 1. The van der Waals surface area contributed by atoms with E-state index >= 15 is 0 Å². The predicted molar refractivity (Wildman–Crippen MR) is 77.1 cm³/mol. The van der Waals surface area contributed by atoms with Gasteiger partial charge < -0.3 is 10.0 Å². The zero-order chi connectivity index (χ0) is 15.4. The van der Waals surface area contributed by atoms with E-state index in [0.29, 0.717) is 17.1 Å². The molecule has 21 heavy (non-hydrogen) atoms. The Bertz CT molecular complexity index is 723. The largest absolute Gasteiger partial charge is 0.478 e. The maximum Gasteiger partial charge on any atom is 0.335 e. The number of nitriles is 1. The number of nitrogens with zero attached hydrogens (tertiary/aromatic N) is 5. The topological polar surface area (TPSA) is 94.5 Å². The van der Waals surface area contributed by atoms with E-state index in [-0.39, 0.29) is 5.56 Å². The molecule has 0 spiro atoms. The molecule has 106 valence electrons. The van der Waals surface area contributed by atoms with Gasteiger partial charge in [-0.1, -0.05) is 0 Å². The van der Waals surface area contributed by atoms with Crippen LogP contribution in [0.4, 0.5) is 5.82 Å². The van der Waals surface area contributed by atoms with Gasteiger partial charge in [0.25, 0.3) is 0 Å². The molecule has 1 heterocycles. The second-order valence-corrected chi connectivity index (χ2v) is 4.48. The van der Waals surface area contributed by atoms with Gasteiger partial charge in [-0.2, -0.15) is 5.26 Å². The van der Waals surface area contributed by atoms with Crippen LogP contribution >= 0.6 is 0 Å². The fourth-order valence-corrected chi connectivity index (χ4v) is 1.60. The molecule has 2 aromatic rings. The van der Waals surface area contributed by atoms with Crippen molar-refractivity contribution in [2.75, 3.05) is 14.1 Å². The number of carboxylic acids is 1. The molecular formula is C14H13N5O2. The molecule has 0 saturated carbocycles. The highest BCUT2D eigenvalue weighted by Gasteiger charge is 2.09. The van der Waals surface area contributed by atoms with Gasteiger partial charge in [0.2, 0.25) is 0 Å². The summed E-state index contributed by atoms with van der Waals surface area (Å²) in [5, 5.41) is 22.2. The predicted octanol–water partition coefficient (Wildman–Crippen LogP) is 1.66. The molecule has 0 atom stereocenters. The number of rotatable bonds is 4. The van der Waals surface area contributed by atoms with Gasteiger partial charge in [-0.3, -0.25) is 0 Å². The third-order valence-corrected chi connectivity index (χ3v) is 2.60. The summed E-state index contributed by atoms with van der Waals surface area (Å²) in [5.74, 6) is -0.676. The minimum absolute atomic E-state index is 0.192. The summed E-state index contributed by atoms with van der Waals surface area (Å²) in [7, 11) is 3.63. The number of aliphatic imine (C=N–C) groups is 1. The Balaban J connectivity index is 2.37. The van der Waals surface area contributed by atoms with Crippen LogP contribution in [0.1, 0.15) is 15.9 Å². The Morgan fingerprint density at radius 2 is 2.10 bits per heavy atom. The van der Waals surface area contributed by atoms with Crippen molar-refractivity contribution in [2.24, 2.45) is 4.99 Å². The van der Waals surface area contributed by atoms with E-state index in [1.165, 1.54) is 16.8 Å². The van der Waals surface area contributed by atoms with E-state index in [9.17, 15) is 4.79 Å². The van der Waals surface area contributed by atoms with E-state index in [0.717, 1.165) is 0 Å². The van der Waals surface area contributed by atoms with Gasteiger partial charge in [0.1, 0.15) is 11.6 Å². The monoisotopic (exact) mass is 283 g/mol. The Morgan fingerprint density at radius 1 is 1.43 bits per heavy atom. The number of aromatic carboxylic acids is 1. The molecule has 0 unspecified atom stereocenters.